The molecule has 4 nitrogen and oxygen atoms in total. The Morgan fingerprint density at radius 3 is 2.39 bits per heavy atom. The molecule has 0 amide bonds. The summed E-state index contributed by atoms with van der Waals surface area (Å²) in [5.41, 5.74) is 2.10. The quantitative estimate of drug-likeness (QED) is 0.790. The molecule has 0 aliphatic rings. The fourth-order valence-corrected chi connectivity index (χ4v) is 2.09. The standard InChI is InChI=1S/C18H17FO4/c1-12-10-14(16(20)7-9-18(21)22)4-8-17(12)23-11-13-2-5-15(19)6-3-13/h2-6,8,10H,7,9,11H2,1H3,(H,21,22). The van der Waals surface area contributed by atoms with E-state index in [1.54, 1.807) is 30.3 Å². The number of carboxylic acid groups (broad SMARTS) is 1. The summed E-state index contributed by atoms with van der Waals surface area (Å²) < 4.78 is 18.5. The summed E-state index contributed by atoms with van der Waals surface area (Å²) in [7, 11) is 0. The van der Waals surface area contributed by atoms with Crippen LogP contribution >= 0.6 is 0 Å². The van der Waals surface area contributed by atoms with Gasteiger partial charge in [0.15, 0.2) is 5.78 Å². The van der Waals surface area contributed by atoms with E-state index in [1.807, 2.05) is 6.92 Å². The van der Waals surface area contributed by atoms with Gasteiger partial charge in [0.2, 0.25) is 0 Å². The summed E-state index contributed by atoms with van der Waals surface area (Å²) in [5, 5.41) is 8.61. The van der Waals surface area contributed by atoms with Gasteiger partial charge in [-0.25, -0.2) is 4.39 Å². The molecule has 1 N–H and O–H groups in total. The van der Waals surface area contributed by atoms with Crippen LogP contribution in [0, 0.1) is 12.7 Å². The molecular formula is C18H17FO4. The van der Waals surface area contributed by atoms with Crippen molar-refractivity contribution in [1.82, 2.24) is 0 Å². The van der Waals surface area contributed by atoms with Crippen molar-refractivity contribution < 1.29 is 23.8 Å². The minimum atomic E-state index is -0.991. The minimum Gasteiger partial charge on any atom is -0.489 e. The Balaban J connectivity index is 2.00. The van der Waals surface area contributed by atoms with Gasteiger partial charge >= 0.3 is 5.97 Å². The van der Waals surface area contributed by atoms with Gasteiger partial charge in [-0.1, -0.05) is 12.1 Å². The van der Waals surface area contributed by atoms with Gasteiger partial charge in [0.05, 0.1) is 6.42 Å². The van der Waals surface area contributed by atoms with Crippen LogP contribution in [0.3, 0.4) is 0 Å². The second-order valence-electron chi connectivity index (χ2n) is 5.21. The van der Waals surface area contributed by atoms with Crippen LogP contribution in [0.5, 0.6) is 5.75 Å². The summed E-state index contributed by atoms with van der Waals surface area (Å²) in [6, 6.07) is 11.0. The highest BCUT2D eigenvalue weighted by Crippen LogP contribution is 2.21. The number of ether oxygens (including phenoxy) is 1. The Kier molecular flexibility index (Phi) is 5.46. The van der Waals surface area contributed by atoms with Crippen LogP contribution in [0.25, 0.3) is 0 Å². The second kappa shape index (κ2) is 7.54. The third-order valence-corrected chi connectivity index (χ3v) is 3.37. The zero-order chi connectivity index (χ0) is 16.8. The predicted molar refractivity (Wildman–Crippen MR) is 83.1 cm³/mol. The lowest BCUT2D eigenvalue weighted by atomic mass is 10.0. The molecule has 0 bridgehead atoms. The zero-order valence-electron chi connectivity index (χ0n) is 12.7. The third-order valence-electron chi connectivity index (χ3n) is 3.37. The van der Waals surface area contributed by atoms with E-state index >= 15 is 0 Å². The molecule has 2 aromatic rings. The van der Waals surface area contributed by atoms with Crippen LogP contribution in [-0.2, 0) is 11.4 Å². The average Bonchev–Trinajstić information content (AvgIpc) is 2.53. The highest BCUT2D eigenvalue weighted by atomic mass is 19.1. The van der Waals surface area contributed by atoms with Crippen molar-refractivity contribution in [2.45, 2.75) is 26.4 Å². The normalized spacial score (nSPS) is 10.3. The van der Waals surface area contributed by atoms with E-state index in [0.717, 1.165) is 11.1 Å². The lowest BCUT2D eigenvalue weighted by molar-refractivity contribution is -0.136. The summed E-state index contributed by atoms with van der Waals surface area (Å²) in [6.07, 6.45) is -0.203. The Morgan fingerprint density at radius 2 is 1.78 bits per heavy atom. The van der Waals surface area contributed by atoms with Gasteiger partial charge in [-0.3, -0.25) is 9.59 Å². The van der Waals surface area contributed by atoms with Crippen LogP contribution in [0.2, 0.25) is 0 Å². The first kappa shape index (κ1) is 16.7. The van der Waals surface area contributed by atoms with E-state index in [2.05, 4.69) is 0 Å². The maximum absolute atomic E-state index is 12.8. The number of carbonyl (C=O) groups excluding carboxylic acids is 1. The molecule has 0 aliphatic heterocycles. The van der Waals surface area contributed by atoms with Crippen molar-refractivity contribution in [3.05, 3.63) is 65.0 Å². The van der Waals surface area contributed by atoms with E-state index in [4.69, 9.17) is 9.84 Å². The van der Waals surface area contributed by atoms with Gasteiger partial charge in [-0.05, 0) is 48.4 Å². The van der Waals surface area contributed by atoms with Crippen LogP contribution in [0.15, 0.2) is 42.5 Å². The van der Waals surface area contributed by atoms with Crippen LogP contribution in [0.1, 0.15) is 34.3 Å². The summed E-state index contributed by atoms with van der Waals surface area (Å²) in [6.45, 7) is 2.11. The molecule has 120 valence electrons. The zero-order valence-corrected chi connectivity index (χ0v) is 12.7. The van der Waals surface area contributed by atoms with E-state index in [9.17, 15) is 14.0 Å². The van der Waals surface area contributed by atoms with Crippen LogP contribution in [-0.4, -0.2) is 16.9 Å². The Morgan fingerprint density at radius 1 is 1.09 bits per heavy atom. The number of aryl methyl sites for hydroxylation is 1. The smallest absolute Gasteiger partial charge is 0.303 e. The molecule has 2 rings (SSSR count). The van der Waals surface area contributed by atoms with E-state index < -0.39 is 5.97 Å². The third kappa shape index (κ3) is 4.92. The predicted octanol–water partition coefficient (Wildman–Crippen LogP) is 3.76. The lowest BCUT2D eigenvalue weighted by Gasteiger charge is -2.10. The number of benzene rings is 2. The number of hydrogen-bond acceptors (Lipinski definition) is 3. The first-order chi connectivity index (χ1) is 11.0. The summed E-state index contributed by atoms with van der Waals surface area (Å²) in [5.74, 6) is -0.867. The van der Waals surface area contributed by atoms with Gasteiger partial charge < -0.3 is 9.84 Å². The van der Waals surface area contributed by atoms with Crippen molar-refractivity contribution in [2.24, 2.45) is 0 Å². The molecule has 2 aromatic carbocycles. The Bertz CT molecular complexity index is 707. The number of carboxylic acids is 1. The van der Waals surface area contributed by atoms with Crippen molar-refractivity contribution in [1.29, 1.82) is 0 Å². The monoisotopic (exact) mass is 316 g/mol. The summed E-state index contributed by atoms with van der Waals surface area (Å²) in [4.78, 5) is 22.4. The Hall–Kier alpha value is -2.69. The number of hydrogen-bond donors (Lipinski definition) is 1. The number of rotatable bonds is 7. The molecule has 0 unspecified atom stereocenters. The van der Waals surface area contributed by atoms with Crippen molar-refractivity contribution in [3.63, 3.8) is 0 Å². The van der Waals surface area contributed by atoms with Crippen molar-refractivity contribution in [2.75, 3.05) is 0 Å². The maximum atomic E-state index is 12.8. The van der Waals surface area contributed by atoms with Gasteiger partial charge in [0.1, 0.15) is 18.2 Å². The van der Waals surface area contributed by atoms with Gasteiger partial charge in [0, 0.05) is 12.0 Å². The first-order valence-electron chi connectivity index (χ1n) is 7.18. The minimum absolute atomic E-state index is 0.0233. The molecule has 0 radical (unpaired) electrons. The molecule has 0 aromatic heterocycles. The highest BCUT2D eigenvalue weighted by Gasteiger charge is 2.10. The Labute approximate surface area is 133 Å². The van der Waals surface area contributed by atoms with Gasteiger partial charge in [-0.15, -0.1) is 0 Å². The molecule has 0 aliphatic carbocycles. The number of Topliss-reactive ketones (excluding diaryl/α,β-unsaturated/α-hetero) is 1. The van der Waals surface area contributed by atoms with E-state index in [-0.39, 0.29) is 24.4 Å². The van der Waals surface area contributed by atoms with Gasteiger partial charge in [0.25, 0.3) is 0 Å². The van der Waals surface area contributed by atoms with Crippen LogP contribution in [0.4, 0.5) is 4.39 Å². The molecule has 0 fully saturated rings. The highest BCUT2D eigenvalue weighted by molar-refractivity contribution is 5.97. The van der Waals surface area contributed by atoms with Crippen molar-refractivity contribution >= 4 is 11.8 Å². The fraction of sp³-hybridized carbons (Fsp3) is 0.222. The fourth-order valence-electron chi connectivity index (χ4n) is 2.09. The molecular weight excluding hydrogens is 299 g/mol. The largest absolute Gasteiger partial charge is 0.489 e. The molecule has 0 saturated carbocycles. The number of ketones is 1. The molecule has 0 heterocycles. The molecule has 0 spiro atoms. The van der Waals surface area contributed by atoms with Crippen LogP contribution < -0.4 is 4.74 Å². The molecule has 23 heavy (non-hydrogen) atoms. The maximum Gasteiger partial charge on any atom is 0.303 e. The summed E-state index contributed by atoms with van der Waals surface area (Å²) >= 11 is 0. The number of halogens is 1. The number of carbonyl (C=O) groups is 2. The van der Waals surface area contributed by atoms with Crippen molar-refractivity contribution in [3.8, 4) is 5.75 Å². The second-order valence-corrected chi connectivity index (χ2v) is 5.21. The molecule has 5 heteroatoms. The SMILES string of the molecule is Cc1cc(C(=O)CCC(=O)O)ccc1OCc1ccc(F)cc1. The van der Waals surface area contributed by atoms with E-state index in [0.29, 0.717) is 17.9 Å². The van der Waals surface area contributed by atoms with Gasteiger partial charge in [-0.2, -0.15) is 0 Å². The molecule has 0 saturated heterocycles. The van der Waals surface area contributed by atoms with E-state index in [1.165, 1.54) is 12.1 Å². The average molecular weight is 316 g/mol. The topological polar surface area (TPSA) is 63.6 Å². The number of aliphatic carboxylic acids is 1. The first-order valence-corrected chi connectivity index (χ1v) is 7.18. The lowest BCUT2D eigenvalue weighted by Crippen LogP contribution is -2.04. The molecule has 0 atom stereocenters.